The molecule has 40 heavy (non-hydrogen) atoms. The zero-order valence-corrected chi connectivity index (χ0v) is 23.1. The van der Waals surface area contributed by atoms with Crippen molar-refractivity contribution in [3.8, 4) is 5.75 Å². The Labute approximate surface area is 234 Å². The first-order valence-electron chi connectivity index (χ1n) is 12.0. The van der Waals surface area contributed by atoms with Crippen LogP contribution in [0.3, 0.4) is 0 Å². The van der Waals surface area contributed by atoms with Crippen molar-refractivity contribution in [3.63, 3.8) is 0 Å². The van der Waals surface area contributed by atoms with Crippen LogP contribution in [0.4, 0.5) is 33.2 Å². The van der Waals surface area contributed by atoms with E-state index < -0.39 is 15.8 Å². The highest BCUT2D eigenvalue weighted by atomic mass is 32.2. The number of hydrogen-bond donors (Lipinski definition) is 3. The first-order chi connectivity index (χ1) is 19.1. The Bertz CT molecular complexity index is 1670. The first-order valence-corrected chi connectivity index (χ1v) is 14.5. The highest BCUT2D eigenvalue weighted by Crippen LogP contribution is 2.41. The molecule has 4 N–H and O–H groups in total. The summed E-state index contributed by atoms with van der Waals surface area (Å²) < 4.78 is 42.9. The van der Waals surface area contributed by atoms with Crippen LogP contribution in [0.5, 0.6) is 5.75 Å². The third kappa shape index (κ3) is 6.01. The van der Waals surface area contributed by atoms with Gasteiger partial charge in [-0.05, 0) is 67.1 Å². The van der Waals surface area contributed by atoms with Gasteiger partial charge in [0.15, 0.2) is 11.6 Å². The monoisotopic (exact) mass is 580 g/mol. The molecule has 206 valence electrons. The third-order valence-corrected chi connectivity index (χ3v) is 8.20. The molecule has 1 aliphatic heterocycles. The Morgan fingerprint density at radius 2 is 1.75 bits per heavy atom. The van der Waals surface area contributed by atoms with Crippen LogP contribution in [-0.2, 0) is 21.4 Å². The molecule has 1 aromatic heterocycles. The maximum atomic E-state index is 14.7. The summed E-state index contributed by atoms with van der Waals surface area (Å²) in [6.07, 6.45) is 1.02. The van der Waals surface area contributed by atoms with E-state index in [1.807, 2.05) is 37.3 Å². The smallest absolute Gasteiger partial charge is 0.240 e. The SMILES string of the molecule is COc1ccc(CN2C(=O)[C@@H](C)Sc3ccc(Nc4nc(Nc5ccc(S(N)(=O)=O)cc5)ncc4F)cc32)cc1. The van der Waals surface area contributed by atoms with Crippen molar-refractivity contribution >= 4 is 56.5 Å². The number of carbonyl (C=O) groups is 1. The lowest BCUT2D eigenvalue weighted by Gasteiger charge is -2.33. The first kappa shape index (κ1) is 27.4. The van der Waals surface area contributed by atoms with Crippen LogP contribution in [0.1, 0.15) is 12.5 Å². The largest absolute Gasteiger partial charge is 0.497 e. The lowest BCUT2D eigenvalue weighted by atomic mass is 10.1. The average Bonchev–Trinajstić information content (AvgIpc) is 2.93. The molecule has 0 saturated carbocycles. The molecule has 13 heteroatoms. The number of primary sulfonamides is 1. The van der Waals surface area contributed by atoms with Gasteiger partial charge in [-0.2, -0.15) is 4.98 Å². The van der Waals surface area contributed by atoms with Gasteiger partial charge in [0.05, 0.1) is 35.7 Å². The van der Waals surface area contributed by atoms with Crippen LogP contribution >= 0.6 is 11.8 Å². The number of nitrogens with zero attached hydrogens (tertiary/aromatic N) is 3. The molecule has 1 aliphatic rings. The van der Waals surface area contributed by atoms with Gasteiger partial charge in [-0.3, -0.25) is 4.79 Å². The number of aromatic nitrogens is 2. The number of rotatable bonds is 8. The Morgan fingerprint density at radius 3 is 2.42 bits per heavy atom. The number of methoxy groups -OCH3 is 1. The number of thioether (sulfide) groups is 1. The minimum absolute atomic E-state index is 0.0291. The fourth-order valence-electron chi connectivity index (χ4n) is 4.07. The predicted molar refractivity (Wildman–Crippen MR) is 152 cm³/mol. The molecular weight excluding hydrogens is 555 g/mol. The molecule has 0 fully saturated rings. The molecule has 10 nitrogen and oxygen atoms in total. The van der Waals surface area contributed by atoms with Gasteiger partial charge in [0.1, 0.15) is 5.75 Å². The van der Waals surface area contributed by atoms with Gasteiger partial charge in [0.25, 0.3) is 0 Å². The number of nitrogens with two attached hydrogens (primary N) is 1. The summed E-state index contributed by atoms with van der Waals surface area (Å²) >= 11 is 1.47. The molecule has 0 bridgehead atoms. The van der Waals surface area contributed by atoms with E-state index >= 15 is 0 Å². The highest BCUT2D eigenvalue weighted by molar-refractivity contribution is 8.01. The minimum Gasteiger partial charge on any atom is -0.497 e. The van der Waals surface area contributed by atoms with E-state index in [4.69, 9.17) is 9.88 Å². The molecule has 3 aromatic carbocycles. The van der Waals surface area contributed by atoms with Gasteiger partial charge >= 0.3 is 0 Å². The zero-order valence-electron chi connectivity index (χ0n) is 21.5. The Hall–Kier alpha value is -4.20. The van der Waals surface area contributed by atoms with E-state index in [2.05, 4.69) is 20.6 Å². The number of fused-ring (bicyclic) bond motifs is 1. The van der Waals surface area contributed by atoms with E-state index in [-0.39, 0.29) is 27.8 Å². The van der Waals surface area contributed by atoms with E-state index in [0.29, 0.717) is 23.6 Å². The van der Waals surface area contributed by atoms with Crippen LogP contribution < -0.4 is 25.4 Å². The molecule has 0 radical (unpaired) electrons. The summed E-state index contributed by atoms with van der Waals surface area (Å²) in [5.41, 5.74) is 2.66. The normalized spacial score (nSPS) is 14.9. The van der Waals surface area contributed by atoms with E-state index in [1.165, 1.54) is 36.0 Å². The van der Waals surface area contributed by atoms with Crippen molar-refractivity contribution in [1.29, 1.82) is 0 Å². The maximum Gasteiger partial charge on any atom is 0.240 e. The maximum absolute atomic E-state index is 14.7. The molecule has 0 unspecified atom stereocenters. The molecular formula is C27H25FN6O4S2. The minimum atomic E-state index is -3.83. The van der Waals surface area contributed by atoms with Crippen molar-refractivity contribution in [1.82, 2.24) is 9.97 Å². The Morgan fingerprint density at radius 1 is 1.05 bits per heavy atom. The molecule has 1 amide bonds. The number of benzene rings is 3. The summed E-state index contributed by atoms with van der Waals surface area (Å²) in [4.78, 5) is 24.0. The van der Waals surface area contributed by atoms with Gasteiger partial charge in [-0.1, -0.05) is 12.1 Å². The summed E-state index contributed by atoms with van der Waals surface area (Å²) in [5.74, 6) is 0.0285. The fourth-order valence-corrected chi connectivity index (χ4v) is 5.63. The lowest BCUT2D eigenvalue weighted by molar-refractivity contribution is -0.118. The molecule has 0 spiro atoms. The van der Waals surface area contributed by atoms with E-state index in [0.717, 1.165) is 22.4 Å². The van der Waals surface area contributed by atoms with Crippen LogP contribution in [0.2, 0.25) is 0 Å². The quantitative estimate of drug-likeness (QED) is 0.268. The van der Waals surface area contributed by atoms with Crippen molar-refractivity contribution in [2.75, 3.05) is 22.6 Å². The third-order valence-electron chi connectivity index (χ3n) is 6.11. The molecule has 2 heterocycles. The van der Waals surface area contributed by atoms with Gasteiger partial charge in [0, 0.05) is 16.3 Å². The second kappa shape index (κ2) is 11.1. The van der Waals surface area contributed by atoms with Crippen LogP contribution in [0.15, 0.2) is 82.7 Å². The van der Waals surface area contributed by atoms with Crippen LogP contribution in [-0.4, -0.2) is 36.7 Å². The number of ether oxygens (including phenoxy) is 1. The summed E-state index contributed by atoms with van der Waals surface area (Å²) in [6, 6.07) is 18.6. The Kier molecular flexibility index (Phi) is 7.61. The Balaban J connectivity index is 1.38. The summed E-state index contributed by atoms with van der Waals surface area (Å²) in [5, 5.41) is 10.8. The zero-order chi connectivity index (χ0) is 28.4. The molecule has 4 aromatic rings. The number of nitrogens with one attached hydrogen (secondary N) is 2. The predicted octanol–water partition coefficient (Wildman–Crippen LogP) is 4.79. The molecule has 5 rings (SSSR count). The molecule has 1 atom stereocenters. The number of amides is 1. The topological polar surface area (TPSA) is 140 Å². The van der Waals surface area contributed by atoms with Crippen LogP contribution in [0.25, 0.3) is 0 Å². The van der Waals surface area contributed by atoms with Gasteiger partial charge < -0.3 is 20.3 Å². The van der Waals surface area contributed by atoms with Crippen molar-refractivity contribution in [2.24, 2.45) is 5.14 Å². The van der Waals surface area contributed by atoms with Crippen molar-refractivity contribution in [2.45, 2.75) is 28.5 Å². The molecule has 0 saturated heterocycles. The number of anilines is 5. The van der Waals surface area contributed by atoms with Gasteiger partial charge in [0.2, 0.25) is 21.9 Å². The van der Waals surface area contributed by atoms with Gasteiger partial charge in [-0.15, -0.1) is 11.8 Å². The summed E-state index contributed by atoms with van der Waals surface area (Å²) in [7, 11) is -2.23. The number of sulfonamides is 1. The number of halogens is 1. The number of carbonyl (C=O) groups excluding carboxylic acids is 1. The van der Waals surface area contributed by atoms with Crippen molar-refractivity contribution < 1.29 is 22.3 Å². The molecule has 0 aliphatic carbocycles. The van der Waals surface area contributed by atoms with E-state index in [1.54, 1.807) is 24.1 Å². The fraction of sp³-hybridized carbons (Fsp3) is 0.148. The summed E-state index contributed by atoms with van der Waals surface area (Å²) in [6.45, 7) is 2.24. The second-order valence-corrected chi connectivity index (χ2v) is 11.9. The van der Waals surface area contributed by atoms with Crippen LogP contribution in [0, 0.1) is 5.82 Å². The average molecular weight is 581 g/mol. The second-order valence-electron chi connectivity index (χ2n) is 8.92. The van der Waals surface area contributed by atoms with Crippen molar-refractivity contribution in [3.05, 3.63) is 84.3 Å². The number of hydrogen-bond acceptors (Lipinski definition) is 9. The lowest BCUT2D eigenvalue weighted by Crippen LogP contribution is -2.39. The van der Waals surface area contributed by atoms with E-state index in [9.17, 15) is 17.6 Å². The highest BCUT2D eigenvalue weighted by Gasteiger charge is 2.31. The standard InChI is InChI=1S/C27H25FN6O4S2/c1-16-26(35)34(15-17-3-8-20(38-2)9-4-17)23-13-19(7-12-24(23)39-16)31-25-22(28)14-30-27(33-25)32-18-5-10-21(11-6-18)40(29,36)37/h3-14,16H,15H2,1-2H3,(H2,29,36,37)(H2,30,31,32,33)/t16-/m1/s1. The van der Waals surface area contributed by atoms with Gasteiger partial charge in [-0.25, -0.2) is 22.9 Å².